The van der Waals surface area contributed by atoms with E-state index in [1.807, 2.05) is 51.1 Å². The van der Waals surface area contributed by atoms with Gasteiger partial charge in [0.25, 0.3) is 5.91 Å². The summed E-state index contributed by atoms with van der Waals surface area (Å²) in [5, 5.41) is 6.93. The SMILES string of the molecule is Cc1ccc(-n2nc(C)c3c(C(F)(F)F)cc(OCC(=O)Nc4c(C)cccc4C)nc32)cc1. The first kappa shape index (κ1) is 23.3. The van der Waals surface area contributed by atoms with Crippen LogP contribution in [0.25, 0.3) is 16.7 Å². The normalized spacial score (nSPS) is 11.6. The number of rotatable bonds is 5. The maximum atomic E-state index is 13.9. The highest BCUT2D eigenvalue weighted by Gasteiger charge is 2.36. The fraction of sp³-hybridized carbons (Fsp3) is 0.240. The van der Waals surface area contributed by atoms with Gasteiger partial charge in [-0.05, 0) is 51.0 Å². The van der Waals surface area contributed by atoms with E-state index in [0.717, 1.165) is 22.8 Å². The Kier molecular flexibility index (Phi) is 6.03. The minimum Gasteiger partial charge on any atom is -0.467 e. The summed E-state index contributed by atoms with van der Waals surface area (Å²) in [5.74, 6) is -0.819. The number of carbonyl (C=O) groups excluding carboxylic acids is 1. The number of ether oxygens (including phenoxy) is 1. The quantitative estimate of drug-likeness (QED) is 0.409. The number of aromatic nitrogens is 3. The Bertz CT molecular complexity index is 1360. The molecule has 34 heavy (non-hydrogen) atoms. The zero-order chi connectivity index (χ0) is 24.6. The third-order valence-corrected chi connectivity index (χ3v) is 5.47. The molecule has 176 valence electrons. The number of amides is 1. The molecule has 2 heterocycles. The number of alkyl halides is 3. The molecule has 0 spiro atoms. The Labute approximate surface area is 194 Å². The lowest BCUT2D eigenvalue weighted by Crippen LogP contribution is -2.21. The van der Waals surface area contributed by atoms with Gasteiger partial charge in [-0.15, -0.1) is 0 Å². The van der Waals surface area contributed by atoms with Gasteiger partial charge >= 0.3 is 6.18 Å². The van der Waals surface area contributed by atoms with Crippen LogP contribution < -0.4 is 10.1 Å². The van der Waals surface area contributed by atoms with Crippen LogP contribution in [0.3, 0.4) is 0 Å². The lowest BCUT2D eigenvalue weighted by Gasteiger charge is -2.14. The van der Waals surface area contributed by atoms with Gasteiger partial charge in [-0.3, -0.25) is 4.79 Å². The van der Waals surface area contributed by atoms with E-state index in [0.29, 0.717) is 11.4 Å². The van der Waals surface area contributed by atoms with E-state index in [1.165, 1.54) is 11.6 Å². The molecular formula is C25H23F3N4O2. The number of halogens is 3. The third kappa shape index (κ3) is 4.59. The Hall–Kier alpha value is -3.88. The lowest BCUT2D eigenvalue weighted by atomic mass is 10.1. The second-order valence-electron chi connectivity index (χ2n) is 8.14. The van der Waals surface area contributed by atoms with Gasteiger partial charge < -0.3 is 10.1 Å². The summed E-state index contributed by atoms with van der Waals surface area (Å²) in [6.07, 6.45) is -4.66. The van der Waals surface area contributed by atoms with Crippen LogP contribution in [-0.4, -0.2) is 27.3 Å². The molecule has 6 nitrogen and oxygen atoms in total. The number of hydrogen-bond donors (Lipinski definition) is 1. The van der Waals surface area contributed by atoms with Crippen molar-refractivity contribution in [3.8, 4) is 11.6 Å². The van der Waals surface area contributed by atoms with E-state index in [4.69, 9.17) is 4.74 Å². The standard InChI is InChI=1S/C25H23F3N4O2/c1-14-8-10-18(11-9-14)32-24-22(17(4)31-32)19(25(26,27)28)12-21(30-24)34-13-20(33)29-23-15(2)6-5-7-16(23)3/h5-12H,13H2,1-4H3,(H,29,33). The average molecular weight is 468 g/mol. The topological polar surface area (TPSA) is 69.0 Å². The van der Waals surface area contributed by atoms with E-state index < -0.39 is 24.3 Å². The fourth-order valence-electron chi connectivity index (χ4n) is 3.76. The highest BCUT2D eigenvalue weighted by molar-refractivity contribution is 5.93. The van der Waals surface area contributed by atoms with Crippen molar-refractivity contribution < 1.29 is 22.7 Å². The predicted molar refractivity (Wildman–Crippen MR) is 123 cm³/mol. The van der Waals surface area contributed by atoms with Crippen LogP contribution in [0.1, 0.15) is 27.9 Å². The van der Waals surface area contributed by atoms with Crippen LogP contribution >= 0.6 is 0 Å². The number of carbonyl (C=O) groups is 1. The van der Waals surface area contributed by atoms with Crippen molar-refractivity contribution in [3.63, 3.8) is 0 Å². The van der Waals surface area contributed by atoms with Crippen LogP contribution in [0.5, 0.6) is 5.88 Å². The van der Waals surface area contributed by atoms with Gasteiger partial charge in [0.05, 0.1) is 22.3 Å². The molecule has 4 rings (SSSR count). The summed E-state index contributed by atoms with van der Waals surface area (Å²) in [5.41, 5.74) is 3.21. The summed E-state index contributed by atoms with van der Waals surface area (Å²) in [4.78, 5) is 16.7. The molecular weight excluding hydrogens is 445 g/mol. The first-order valence-electron chi connectivity index (χ1n) is 10.6. The summed E-state index contributed by atoms with van der Waals surface area (Å²) in [6.45, 7) is 6.61. The van der Waals surface area contributed by atoms with Crippen molar-refractivity contribution in [2.24, 2.45) is 0 Å². The number of benzene rings is 2. The van der Waals surface area contributed by atoms with Gasteiger partial charge in [0, 0.05) is 11.8 Å². The van der Waals surface area contributed by atoms with E-state index in [2.05, 4.69) is 15.4 Å². The highest BCUT2D eigenvalue weighted by atomic mass is 19.4. The fourth-order valence-corrected chi connectivity index (χ4v) is 3.76. The molecule has 1 N–H and O–H groups in total. The molecule has 0 unspecified atom stereocenters. The van der Waals surface area contributed by atoms with Gasteiger partial charge in [0.2, 0.25) is 5.88 Å². The van der Waals surface area contributed by atoms with Crippen LogP contribution in [0.4, 0.5) is 18.9 Å². The molecule has 9 heteroatoms. The van der Waals surface area contributed by atoms with Crippen LogP contribution in [-0.2, 0) is 11.0 Å². The number of nitrogens with zero attached hydrogens (tertiary/aromatic N) is 3. The van der Waals surface area contributed by atoms with Crippen molar-refractivity contribution >= 4 is 22.6 Å². The van der Waals surface area contributed by atoms with Crippen LogP contribution in [0.15, 0.2) is 48.5 Å². The number of para-hydroxylation sites is 1. The molecule has 4 aromatic rings. The predicted octanol–water partition coefficient (Wildman–Crippen LogP) is 5.69. The minimum absolute atomic E-state index is 0.00124. The molecule has 2 aromatic carbocycles. The molecule has 0 aliphatic heterocycles. The minimum atomic E-state index is -4.66. The number of aryl methyl sites for hydroxylation is 4. The smallest absolute Gasteiger partial charge is 0.417 e. The molecule has 0 saturated heterocycles. The molecule has 0 saturated carbocycles. The molecule has 1 amide bonds. The summed E-state index contributed by atoms with van der Waals surface area (Å²) >= 11 is 0. The van der Waals surface area contributed by atoms with Crippen LogP contribution in [0.2, 0.25) is 0 Å². The monoisotopic (exact) mass is 468 g/mol. The molecule has 0 atom stereocenters. The molecule has 0 aliphatic carbocycles. The summed E-state index contributed by atoms with van der Waals surface area (Å²) in [6, 6.07) is 13.5. The molecule has 0 radical (unpaired) electrons. The first-order valence-corrected chi connectivity index (χ1v) is 10.6. The Morgan fingerprint density at radius 1 is 1.03 bits per heavy atom. The Morgan fingerprint density at radius 3 is 2.29 bits per heavy atom. The zero-order valence-electron chi connectivity index (χ0n) is 19.1. The maximum Gasteiger partial charge on any atom is 0.417 e. The lowest BCUT2D eigenvalue weighted by molar-refractivity contribution is -0.136. The van der Waals surface area contributed by atoms with Crippen molar-refractivity contribution in [2.75, 3.05) is 11.9 Å². The molecule has 0 fully saturated rings. The van der Waals surface area contributed by atoms with Gasteiger partial charge in [0.1, 0.15) is 0 Å². The second kappa shape index (κ2) is 8.81. The highest BCUT2D eigenvalue weighted by Crippen LogP contribution is 2.38. The number of pyridine rings is 1. The zero-order valence-corrected chi connectivity index (χ0v) is 19.1. The van der Waals surface area contributed by atoms with E-state index >= 15 is 0 Å². The summed E-state index contributed by atoms with van der Waals surface area (Å²) < 4.78 is 48.5. The first-order chi connectivity index (χ1) is 16.0. The van der Waals surface area contributed by atoms with Gasteiger partial charge in [0.15, 0.2) is 12.3 Å². The number of anilines is 1. The Balaban J connectivity index is 1.69. The molecule has 0 bridgehead atoms. The number of hydrogen-bond acceptors (Lipinski definition) is 4. The molecule has 2 aromatic heterocycles. The molecule has 0 aliphatic rings. The van der Waals surface area contributed by atoms with Crippen molar-refractivity contribution in [2.45, 2.75) is 33.9 Å². The van der Waals surface area contributed by atoms with E-state index in [-0.39, 0.29) is 22.6 Å². The van der Waals surface area contributed by atoms with Gasteiger partial charge in [-0.2, -0.15) is 23.3 Å². The van der Waals surface area contributed by atoms with Crippen molar-refractivity contribution in [1.82, 2.24) is 14.8 Å². The van der Waals surface area contributed by atoms with Crippen molar-refractivity contribution in [1.29, 1.82) is 0 Å². The van der Waals surface area contributed by atoms with E-state index in [9.17, 15) is 18.0 Å². The Morgan fingerprint density at radius 2 is 1.68 bits per heavy atom. The number of nitrogens with one attached hydrogen (secondary N) is 1. The van der Waals surface area contributed by atoms with Crippen molar-refractivity contribution in [3.05, 3.63) is 76.5 Å². The van der Waals surface area contributed by atoms with Crippen LogP contribution in [0, 0.1) is 27.7 Å². The largest absolute Gasteiger partial charge is 0.467 e. The van der Waals surface area contributed by atoms with Gasteiger partial charge in [-0.1, -0.05) is 35.9 Å². The third-order valence-electron chi connectivity index (χ3n) is 5.47. The second-order valence-corrected chi connectivity index (χ2v) is 8.14. The van der Waals surface area contributed by atoms with Gasteiger partial charge in [-0.25, -0.2) is 4.68 Å². The average Bonchev–Trinajstić information content (AvgIpc) is 3.10. The van der Waals surface area contributed by atoms with E-state index in [1.54, 1.807) is 12.1 Å². The number of fused-ring (bicyclic) bond motifs is 1. The summed E-state index contributed by atoms with van der Waals surface area (Å²) in [7, 11) is 0. The maximum absolute atomic E-state index is 13.9.